The summed E-state index contributed by atoms with van der Waals surface area (Å²) in [6, 6.07) is 5.44. The lowest BCUT2D eigenvalue weighted by Crippen LogP contribution is -2.27. The van der Waals surface area contributed by atoms with Gasteiger partial charge in [0.15, 0.2) is 11.5 Å². The van der Waals surface area contributed by atoms with Crippen molar-refractivity contribution in [2.75, 3.05) is 19.9 Å². The Morgan fingerprint density at radius 2 is 2.21 bits per heavy atom. The number of unbranched alkanes of at least 4 members (excludes halogenated alkanes) is 1. The molecule has 1 aromatic carbocycles. The molecule has 1 amide bonds. The maximum Gasteiger partial charge on any atom is 0.231 e. The minimum Gasteiger partial charge on any atom is -0.492 e. The molecule has 0 aromatic heterocycles. The number of hydrogen-bond acceptors (Lipinski definition) is 4. The Hall–Kier alpha value is -1.91. The first-order valence-electron chi connectivity index (χ1n) is 6.58. The predicted molar refractivity (Wildman–Crippen MR) is 70.6 cm³/mol. The highest BCUT2D eigenvalue weighted by Crippen LogP contribution is 2.34. The van der Waals surface area contributed by atoms with E-state index in [4.69, 9.17) is 14.2 Å². The second-order valence-electron chi connectivity index (χ2n) is 4.32. The third-order valence-electron chi connectivity index (χ3n) is 2.79. The van der Waals surface area contributed by atoms with Crippen molar-refractivity contribution in [3.8, 4) is 17.2 Å². The molecule has 1 aliphatic heterocycles. The Kier molecular flexibility index (Phi) is 4.89. The summed E-state index contributed by atoms with van der Waals surface area (Å²) in [5.74, 6) is 2.23. The highest BCUT2D eigenvalue weighted by atomic mass is 16.7. The molecule has 2 rings (SSSR count). The van der Waals surface area contributed by atoms with Crippen LogP contribution in [-0.2, 0) is 4.79 Å². The van der Waals surface area contributed by atoms with Gasteiger partial charge in [-0.2, -0.15) is 0 Å². The molecule has 19 heavy (non-hydrogen) atoms. The fourth-order valence-electron chi connectivity index (χ4n) is 1.75. The first-order chi connectivity index (χ1) is 9.29. The lowest BCUT2D eigenvalue weighted by molar-refractivity contribution is -0.121. The first kappa shape index (κ1) is 13.5. The van der Waals surface area contributed by atoms with Gasteiger partial charge in [0.05, 0.1) is 6.54 Å². The van der Waals surface area contributed by atoms with Gasteiger partial charge in [-0.25, -0.2) is 0 Å². The van der Waals surface area contributed by atoms with E-state index in [0.717, 1.165) is 18.6 Å². The second kappa shape index (κ2) is 6.87. The largest absolute Gasteiger partial charge is 0.492 e. The normalized spacial score (nSPS) is 12.3. The highest BCUT2D eigenvalue weighted by Gasteiger charge is 2.13. The van der Waals surface area contributed by atoms with Gasteiger partial charge in [0, 0.05) is 12.5 Å². The molecule has 5 heteroatoms. The van der Waals surface area contributed by atoms with Crippen molar-refractivity contribution in [3.63, 3.8) is 0 Å². The van der Waals surface area contributed by atoms with Crippen molar-refractivity contribution in [1.29, 1.82) is 0 Å². The summed E-state index contributed by atoms with van der Waals surface area (Å²) < 4.78 is 16.0. The number of carbonyl (C=O) groups excluding carboxylic acids is 1. The van der Waals surface area contributed by atoms with Gasteiger partial charge in [0.25, 0.3) is 0 Å². The molecule has 0 saturated carbocycles. The average Bonchev–Trinajstić information content (AvgIpc) is 2.88. The number of rotatable bonds is 7. The van der Waals surface area contributed by atoms with Crippen LogP contribution in [0.2, 0.25) is 0 Å². The van der Waals surface area contributed by atoms with Gasteiger partial charge in [0.2, 0.25) is 12.7 Å². The van der Waals surface area contributed by atoms with Gasteiger partial charge in [-0.15, -0.1) is 0 Å². The molecule has 5 nitrogen and oxygen atoms in total. The van der Waals surface area contributed by atoms with E-state index in [9.17, 15) is 4.79 Å². The Labute approximate surface area is 112 Å². The lowest BCUT2D eigenvalue weighted by atomic mass is 10.2. The van der Waals surface area contributed by atoms with Crippen LogP contribution in [0.15, 0.2) is 18.2 Å². The summed E-state index contributed by atoms with van der Waals surface area (Å²) >= 11 is 0. The maximum absolute atomic E-state index is 11.4. The fourth-order valence-corrected chi connectivity index (χ4v) is 1.75. The number of ether oxygens (including phenoxy) is 3. The number of amides is 1. The van der Waals surface area contributed by atoms with Gasteiger partial charge in [0.1, 0.15) is 12.4 Å². The molecule has 1 aliphatic rings. The average molecular weight is 265 g/mol. The molecule has 1 heterocycles. The van der Waals surface area contributed by atoms with Gasteiger partial charge in [-0.05, 0) is 18.6 Å². The van der Waals surface area contributed by atoms with Gasteiger partial charge in [-0.1, -0.05) is 13.3 Å². The predicted octanol–water partition coefficient (Wildman–Crippen LogP) is 2.10. The number of fused-ring (bicyclic) bond motifs is 1. The SMILES string of the molecule is CCCCC(=O)NCCOc1ccc2c(c1)OCO2. The number of carbonyl (C=O) groups is 1. The van der Waals surface area contributed by atoms with E-state index in [1.807, 2.05) is 12.1 Å². The zero-order chi connectivity index (χ0) is 13.5. The van der Waals surface area contributed by atoms with Crippen molar-refractivity contribution < 1.29 is 19.0 Å². The summed E-state index contributed by atoms with van der Waals surface area (Å²) in [5.41, 5.74) is 0. The Bertz CT molecular complexity index is 433. The second-order valence-corrected chi connectivity index (χ2v) is 4.32. The summed E-state index contributed by atoms with van der Waals surface area (Å²) in [6.45, 7) is 3.27. The minimum absolute atomic E-state index is 0.0798. The van der Waals surface area contributed by atoms with Crippen LogP contribution in [0.5, 0.6) is 17.2 Å². The Balaban J connectivity index is 1.67. The van der Waals surface area contributed by atoms with E-state index in [-0.39, 0.29) is 12.7 Å². The third-order valence-corrected chi connectivity index (χ3v) is 2.79. The molecule has 0 spiro atoms. The highest BCUT2D eigenvalue weighted by molar-refractivity contribution is 5.75. The first-order valence-corrected chi connectivity index (χ1v) is 6.58. The summed E-state index contributed by atoms with van der Waals surface area (Å²) in [6.07, 6.45) is 2.54. The lowest BCUT2D eigenvalue weighted by Gasteiger charge is -2.08. The van der Waals surface area contributed by atoms with E-state index in [1.165, 1.54) is 0 Å². The number of hydrogen-bond donors (Lipinski definition) is 1. The molecule has 0 unspecified atom stereocenters. The van der Waals surface area contributed by atoms with E-state index in [2.05, 4.69) is 12.2 Å². The maximum atomic E-state index is 11.4. The molecular weight excluding hydrogens is 246 g/mol. The summed E-state index contributed by atoms with van der Waals surface area (Å²) in [4.78, 5) is 11.4. The van der Waals surface area contributed by atoms with Crippen molar-refractivity contribution in [1.82, 2.24) is 5.32 Å². The summed E-state index contributed by atoms with van der Waals surface area (Å²) in [7, 11) is 0. The van der Waals surface area contributed by atoms with E-state index in [0.29, 0.717) is 31.1 Å². The number of nitrogens with one attached hydrogen (secondary N) is 1. The molecule has 0 aliphatic carbocycles. The Morgan fingerprint density at radius 1 is 1.37 bits per heavy atom. The van der Waals surface area contributed by atoms with Gasteiger partial charge in [-0.3, -0.25) is 4.79 Å². The molecule has 0 atom stereocenters. The van der Waals surface area contributed by atoms with Crippen LogP contribution >= 0.6 is 0 Å². The van der Waals surface area contributed by atoms with Crippen LogP contribution in [0.4, 0.5) is 0 Å². The molecule has 1 N–H and O–H groups in total. The van der Waals surface area contributed by atoms with Crippen molar-refractivity contribution in [2.45, 2.75) is 26.2 Å². The van der Waals surface area contributed by atoms with Crippen LogP contribution in [0.1, 0.15) is 26.2 Å². The van der Waals surface area contributed by atoms with E-state index >= 15 is 0 Å². The molecule has 0 bridgehead atoms. The van der Waals surface area contributed by atoms with Gasteiger partial charge < -0.3 is 19.5 Å². The van der Waals surface area contributed by atoms with Crippen molar-refractivity contribution in [3.05, 3.63) is 18.2 Å². The van der Waals surface area contributed by atoms with Crippen molar-refractivity contribution in [2.24, 2.45) is 0 Å². The molecule has 104 valence electrons. The van der Waals surface area contributed by atoms with Gasteiger partial charge >= 0.3 is 0 Å². The molecule has 0 saturated heterocycles. The van der Waals surface area contributed by atoms with E-state index in [1.54, 1.807) is 6.07 Å². The van der Waals surface area contributed by atoms with E-state index < -0.39 is 0 Å². The van der Waals surface area contributed by atoms with Crippen LogP contribution in [0.25, 0.3) is 0 Å². The minimum atomic E-state index is 0.0798. The summed E-state index contributed by atoms with van der Waals surface area (Å²) in [5, 5.41) is 2.82. The number of benzene rings is 1. The fraction of sp³-hybridized carbons (Fsp3) is 0.500. The smallest absolute Gasteiger partial charge is 0.231 e. The molecule has 1 aromatic rings. The molecule has 0 fully saturated rings. The standard InChI is InChI=1S/C14H19NO4/c1-2-3-4-14(16)15-7-8-17-11-5-6-12-13(9-11)19-10-18-12/h5-6,9H,2-4,7-8,10H2,1H3,(H,15,16). The Morgan fingerprint density at radius 3 is 3.05 bits per heavy atom. The molecule has 0 radical (unpaired) electrons. The zero-order valence-electron chi connectivity index (χ0n) is 11.1. The van der Waals surface area contributed by atoms with Crippen LogP contribution in [0, 0.1) is 0 Å². The zero-order valence-corrected chi connectivity index (χ0v) is 11.1. The van der Waals surface area contributed by atoms with Crippen LogP contribution in [-0.4, -0.2) is 25.9 Å². The van der Waals surface area contributed by atoms with Crippen LogP contribution < -0.4 is 19.5 Å². The third kappa shape index (κ3) is 4.05. The topological polar surface area (TPSA) is 56.8 Å². The monoisotopic (exact) mass is 265 g/mol. The van der Waals surface area contributed by atoms with Crippen LogP contribution in [0.3, 0.4) is 0 Å². The van der Waals surface area contributed by atoms with Crippen molar-refractivity contribution >= 4 is 5.91 Å². The molecular formula is C14H19NO4. The quantitative estimate of drug-likeness (QED) is 0.767.